The molecule has 0 saturated heterocycles. The van der Waals surface area contributed by atoms with Crippen LogP contribution in [0.5, 0.6) is 0 Å². The van der Waals surface area contributed by atoms with Gasteiger partial charge >= 0.3 is 0 Å². The van der Waals surface area contributed by atoms with E-state index in [0.29, 0.717) is 10.7 Å². The summed E-state index contributed by atoms with van der Waals surface area (Å²) in [7, 11) is 0. The van der Waals surface area contributed by atoms with Crippen molar-refractivity contribution in [3.05, 3.63) is 46.6 Å². The van der Waals surface area contributed by atoms with E-state index in [1.165, 1.54) is 12.4 Å². The molecule has 1 heterocycles. The molecular weight excluding hydrogens is 251 g/mol. The zero-order valence-corrected chi connectivity index (χ0v) is 11.1. The lowest BCUT2D eigenvalue weighted by Gasteiger charge is -2.09. The van der Waals surface area contributed by atoms with Crippen LogP contribution >= 0.6 is 11.6 Å². The number of hydrogen-bond acceptors (Lipinski definition) is 2. The van der Waals surface area contributed by atoms with Gasteiger partial charge in [-0.1, -0.05) is 24.9 Å². The Morgan fingerprint density at radius 1 is 1.28 bits per heavy atom. The summed E-state index contributed by atoms with van der Waals surface area (Å²) in [6.07, 6.45) is 3.21. The predicted octanol–water partition coefficient (Wildman–Crippen LogP) is 4.20. The fourth-order valence-electron chi connectivity index (χ4n) is 1.90. The summed E-state index contributed by atoms with van der Waals surface area (Å²) in [6.45, 7) is 3.81. The second-order valence-corrected chi connectivity index (χ2v) is 4.56. The Morgan fingerprint density at radius 3 is 2.72 bits per heavy atom. The van der Waals surface area contributed by atoms with Gasteiger partial charge in [-0.2, -0.15) is 0 Å². The molecule has 0 N–H and O–H groups in total. The van der Waals surface area contributed by atoms with Crippen LogP contribution < -0.4 is 0 Å². The Kier molecular flexibility index (Phi) is 3.92. The smallest absolute Gasteiger partial charge is 0.136 e. The third kappa shape index (κ3) is 2.51. The normalized spacial score (nSPS) is 10.7. The standard InChI is InChI=1S/C14H14ClFN2/c1-3-4-11-13(17-8-18-14(11)15)10-5-6-12(16)9(2)7-10/h5-8H,3-4H2,1-2H3. The molecule has 2 aromatic rings. The zero-order valence-electron chi connectivity index (χ0n) is 10.4. The van der Waals surface area contributed by atoms with Gasteiger partial charge in [-0.15, -0.1) is 0 Å². The average molecular weight is 265 g/mol. The SMILES string of the molecule is CCCc1c(Cl)ncnc1-c1ccc(F)c(C)c1. The van der Waals surface area contributed by atoms with Crippen LogP contribution in [0.4, 0.5) is 4.39 Å². The number of aromatic nitrogens is 2. The monoisotopic (exact) mass is 264 g/mol. The summed E-state index contributed by atoms with van der Waals surface area (Å²) in [6, 6.07) is 4.96. The van der Waals surface area contributed by atoms with Crippen LogP contribution in [-0.4, -0.2) is 9.97 Å². The van der Waals surface area contributed by atoms with Crippen molar-refractivity contribution in [1.29, 1.82) is 0 Å². The molecule has 2 nitrogen and oxygen atoms in total. The molecule has 18 heavy (non-hydrogen) atoms. The van der Waals surface area contributed by atoms with Gasteiger partial charge in [0.2, 0.25) is 0 Å². The van der Waals surface area contributed by atoms with E-state index in [2.05, 4.69) is 16.9 Å². The second-order valence-electron chi connectivity index (χ2n) is 4.21. The van der Waals surface area contributed by atoms with Crippen LogP contribution in [0.15, 0.2) is 24.5 Å². The fraction of sp³-hybridized carbons (Fsp3) is 0.286. The van der Waals surface area contributed by atoms with E-state index in [1.54, 1.807) is 19.1 Å². The average Bonchev–Trinajstić information content (AvgIpc) is 2.35. The lowest BCUT2D eigenvalue weighted by molar-refractivity contribution is 0.618. The molecule has 0 aliphatic rings. The van der Waals surface area contributed by atoms with Crippen molar-refractivity contribution in [2.24, 2.45) is 0 Å². The van der Waals surface area contributed by atoms with Crippen LogP contribution in [0.2, 0.25) is 5.15 Å². The Labute approximate surface area is 111 Å². The Hall–Kier alpha value is -1.48. The number of nitrogens with zero attached hydrogens (tertiary/aromatic N) is 2. The van der Waals surface area contributed by atoms with E-state index in [4.69, 9.17) is 11.6 Å². The molecule has 0 aliphatic heterocycles. The van der Waals surface area contributed by atoms with Crippen molar-refractivity contribution < 1.29 is 4.39 Å². The molecule has 4 heteroatoms. The van der Waals surface area contributed by atoms with Gasteiger partial charge in [-0.3, -0.25) is 0 Å². The molecule has 94 valence electrons. The van der Waals surface area contributed by atoms with Crippen molar-refractivity contribution in [2.75, 3.05) is 0 Å². The van der Waals surface area contributed by atoms with Gasteiger partial charge in [0.1, 0.15) is 17.3 Å². The van der Waals surface area contributed by atoms with Gasteiger partial charge in [-0.25, -0.2) is 14.4 Å². The predicted molar refractivity (Wildman–Crippen MR) is 71.2 cm³/mol. The van der Waals surface area contributed by atoms with Crippen molar-refractivity contribution >= 4 is 11.6 Å². The highest BCUT2D eigenvalue weighted by Crippen LogP contribution is 2.27. The van der Waals surface area contributed by atoms with Crippen molar-refractivity contribution in [2.45, 2.75) is 26.7 Å². The van der Waals surface area contributed by atoms with E-state index < -0.39 is 0 Å². The van der Waals surface area contributed by atoms with Crippen LogP contribution in [0.25, 0.3) is 11.3 Å². The molecule has 0 saturated carbocycles. The van der Waals surface area contributed by atoms with Crippen LogP contribution in [0.3, 0.4) is 0 Å². The van der Waals surface area contributed by atoms with Crippen LogP contribution in [0, 0.1) is 12.7 Å². The molecule has 2 rings (SSSR count). The van der Waals surface area contributed by atoms with E-state index in [1.807, 2.05) is 0 Å². The van der Waals surface area contributed by atoms with E-state index in [9.17, 15) is 4.39 Å². The molecule has 1 aromatic heterocycles. The largest absolute Gasteiger partial charge is 0.236 e. The Balaban J connectivity index is 2.55. The minimum Gasteiger partial charge on any atom is -0.236 e. The van der Waals surface area contributed by atoms with Crippen molar-refractivity contribution in [1.82, 2.24) is 9.97 Å². The van der Waals surface area contributed by atoms with Crippen molar-refractivity contribution in [3.63, 3.8) is 0 Å². The molecule has 0 spiro atoms. The highest BCUT2D eigenvalue weighted by molar-refractivity contribution is 6.30. The topological polar surface area (TPSA) is 25.8 Å². The minimum atomic E-state index is -0.212. The zero-order chi connectivity index (χ0) is 13.1. The number of aryl methyl sites for hydroxylation is 1. The molecule has 1 aromatic carbocycles. The maximum atomic E-state index is 13.3. The summed E-state index contributed by atoms with van der Waals surface area (Å²) < 4.78 is 13.3. The number of hydrogen-bond donors (Lipinski definition) is 0. The first-order valence-electron chi connectivity index (χ1n) is 5.89. The van der Waals surface area contributed by atoms with Gasteiger partial charge in [0.05, 0.1) is 5.69 Å². The quantitative estimate of drug-likeness (QED) is 0.777. The molecular formula is C14H14ClFN2. The Bertz CT molecular complexity index is 570. The summed E-state index contributed by atoms with van der Waals surface area (Å²) in [5, 5.41) is 0.476. The lowest BCUT2D eigenvalue weighted by atomic mass is 10.0. The summed E-state index contributed by atoms with van der Waals surface area (Å²) in [4.78, 5) is 8.29. The molecule has 0 bridgehead atoms. The summed E-state index contributed by atoms with van der Waals surface area (Å²) in [5.74, 6) is -0.212. The third-order valence-electron chi connectivity index (χ3n) is 2.82. The number of rotatable bonds is 3. The molecule has 0 amide bonds. The van der Waals surface area contributed by atoms with Crippen molar-refractivity contribution in [3.8, 4) is 11.3 Å². The molecule has 0 radical (unpaired) electrons. The second kappa shape index (κ2) is 5.44. The lowest BCUT2D eigenvalue weighted by Crippen LogP contribution is -1.97. The van der Waals surface area contributed by atoms with E-state index in [0.717, 1.165) is 29.7 Å². The molecule has 0 fully saturated rings. The highest BCUT2D eigenvalue weighted by atomic mass is 35.5. The fourth-order valence-corrected chi connectivity index (χ4v) is 2.13. The van der Waals surface area contributed by atoms with Gasteiger partial charge in [0, 0.05) is 11.1 Å². The maximum absolute atomic E-state index is 13.3. The van der Waals surface area contributed by atoms with Gasteiger partial charge < -0.3 is 0 Å². The third-order valence-corrected chi connectivity index (χ3v) is 3.15. The van der Waals surface area contributed by atoms with Crippen LogP contribution in [0.1, 0.15) is 24.5 Å². The molecule has 0 unspecified atom stereocenters. The number of benzene rings is 1. The first-order valence-corrected chi connectivity index (χ1v) is 6.27. The Morgan fingerprint density at radius 2 is 2.06 bits per heavy atom. The highest BCUT2D eigenvalue weighted by Gasteiger charge is 2.12. The number of halogens is 2. The first kappa shape index (κ1) is 13.0. The van der Waals surface area contributed by atoms with Crippen LogP contribution in [-0.2, 0) is 6.42 Å². The first-order chi connectivity index (χ1) is 8.63. The minimum absolute atomic E-state index is 0.212. The van der Waals surface area contributed by atoms with Gasteiger partial charge in [0.15, 0.2) is 0 Å². The van der Waals surface area contributed by atoms with Gasteiger partial charge in [0.25, 0.3) is 0 Å². The molecule has 0 aliphatic carbocycles. The van der Waals surface area contributed by atoms with E-state index >= 15 is 0 Å². The van der Waals surface area contributed by atoms with E-state index in [-0.39, 0.29) is 5.82 Å². The molecule has 0 atom stereocenters. The van der Waals surface area contributed by atoms with Gasteiger partial charge in [-0.05, 0) is 37.1 Å². The summed E-state index contributed by atoms with van der Waals surface area (Å²) >= 11 is 6.10. The summed E-state index contributed by atoms with van der Waals surface area (Å²) in [5.41, 5.74) is 3.19. The maximum Gasteiger partial charge on any atom is 0.136 e.